The van der Waals surface area contributed by atoms with Gasteiger partial charge >= 0.3 is 6.09 Å². The van der Waals surface area contributed by atoms with Crippen LogP contribution in [0.25, 0.3) is 0 Å². The normalized spacial score (nSPS) is 15.5. The summed E-state index contributed by atoms with van der Waals surface area (Å²) >= 11 is 0. The number of rotatable bonds is 2. The van der Waals surface area contributed by atoms with Crippen molar-refractivity contribution in [1.29, 1.82) is 5.26 Å². The van der Waals surface area contributed by atoms with E-state index < -0.39 is 0 Å². The minimum atomic E-state index is -0.338. The highest BCUT2D eigenvalue weighted by Gasteiger charge is 2.24. The molecular formula is C10H15N3O3. The molecule has 0 unspecified atom stereocenters. The van der Waals surface area contributed by atoms with Crippen molar-refractivity contribution >= 4 is 12.0 Å². The predicted molar refractivity (Wildman–Crippen MR) is 55.4 cm³/mol. The van der Waals surface area contributed by atoms with Gasteiger partial charge in [0.1, 0.15) is 6.42 Å². The molecule has 0 bridgehead atoms. The summed E-state index contributed by atoms with van der Waals surface area (Å²) in [6, 6.07) is 1.82. The van der Waals surface area contributed by atoms with E-state index in [0.717, 1.165) is 0 Å². The summed E-state index contributed by atoms with van der Waals surface area (Å²) in [6.45, 7) is 3.99. The van der Waals surface area contributed by atoms with Crippen LogP contribution in [-0.2, 0) is 9.53 Å². The van der Waals surface area contributed by atoms with Crippen molar-refractivity contribution in [1.82, 2.24) is 9.80 Å². The Hall–Kier alpha value is -1.77. The molecule has 0 atom stereocenters. The van der Waals surface area contributed by atoms with Crippen molar-refractivity contribution in [3.8, 4) is 6.07 Å². The number of nitrogens with zero attached hydrogens (tertiary/aromatic N) is 3. The van der Waals surface area contributed by atoms with Crippen molar-refractivity contribution in [3.05, 3.63) is 0 Å². The lowest BCUT2D eigenvalue weighted by Crippen LogP contribution is -2.50. The number of carbonyl (C=O) groups excluding carboxylic acids is 2. The van der Waals surface area contributed by atoms with E-state index in [4.69, 9.17) is 10.00 Å². The quantitative estimate of drug-likeness (QED) is 0.673. The SMILES string of the molecule is CCOC(=O)N1CCN(C(=O)CC#N)CC1. The Bertz CT molecular complexity index is 303. The molecule has 6 heteroatoms. The Labute approximate surface area is 94.4 Å². The van der Waals surface area contributed by atoms with E-state index in [9.17, 15) is 9.59 Å². The molecule has 0 radical (unpaired) electrons. The van der Waals surface area contributed by atoms with Crippen LogP contribution < -0.4 is 0 Å². The molecule has 0 spiro atoms. The van der Waals surface area contributed by atoms with E-state index in [1.165, 1.54) is 0 Å². The summed E-state index contributed by atoms with van der Waals surface area (Å²) in [5, 5.41) is 8.40. The number of amides is 2. The fourth-order valence-corrected chi connectivity index (χ4v) is 1.53. The van der Waals surface area contributed by atoms with Crippen LogP contribution in [0.3, 0.4) is 0 Å². The first-order valence-electron chi connectivity index (χ1n) is 5.25. The highest BCUT2D eigenvalue weighted by molar-refractivity contribution is 5.78. The van der Waals surface area contributed by atoms with Gasteiger partial charge in [-0.25, -0.2) is 4.79 Å². The third kappa shape index (κ3) is 3.12. The van der Waals surface area contributed by atoms with Crippen LogP contribution in [0.15, 0.2) is 0 Å². The van der Waals surface area contributed by atoms with Gasteiger partial charge < -0.3 is 14.5 Å². The maximum atomic E-state index is 11.4. The second-order valence-corrected chi connectivity index (χ2v) is 3.40. The zero-order valence-electron chi connectivity index (χ0n) is 9.31. The van der Waals surface area contributed by atoms with Crippen LogP contribution >= 0.6 is 0 Å². The maximum Gasteiger partial charge on any atom is 0.409 e. The molecule has 1 aliphatic rings. The zero-order valence-corrected chi connectivity index (χ0v) is 9.31. The van der Waals surface area contributed by atoms with E-state index in [0.29, 0.717) is 32.8 Å². The Morgan fingerprint density at radius 2 is 1.81 bits per heavy atom. The smallest absolute Gasteiger partial charge is 0.409 e. The molecule has 2 amide bonds. The number of hydrogen-bond donors (Lipinski definition) is 0. The Balaban J connectivity index is 2.37. The van der Waals surface area contributed by atoms with Crippen molar-refractivity contribution < 1.29 is 14.3 Å². The Morgan fingerprint density at radius 3 is 2.31 bits per heavy atom. The van der Waals surface area contributed by atoms with Gasteiger partial charge in [-0.05, 0) is 6.92 Å². The molecule has 0 aromatic heterocycles. The van der Waals surface area contributed by atoms with Crippen molar-refractivity contribution in [2.24, 2.45) is 0 Å². The third-order valence-corrected chi connectivity index (χ3v) is 2.39. The van der Waals surface area contributed by atoms with E-state index in [2.05, 4.69) is 0 Å². The fourth-order valence-electron chi connectivity index (χ4n) is 1.53. The molecule has 1 saturated heterocycles. The van der Waals surface area contributed by atoms with Crippen LogP contribution in [0.1, 0.15) is 13.3 Å². The van der Waals surface area contributed by atoms with E-state index >= 15 is 0 Å². The monoisotopic (exact) mass is 225 g/mol. The Morgan fingerprint density at radius 1 is 1.25 bits per heavy atom. The Kier molecular flexibility index (Phi) is 4.58. The van der Waals surface area contributed by atoms with Gasteiger partial charge in [0.15, 0.2) is 0 Å². The molecule has 16 heavy (non-hydrogen) atoms. The van der Waals surface area contributed by atoms with E-state index in [-0.39, 0.29) is 18.4 Å². The second kappa shape index (κ2) is 5.95. The minimum Gasteiger partial charge on any atom is -0.450 e. The summed E-state index contributed by atoms with van der Waals surface area (Å²) in [5.74, 6) is -0.175. The number of piperazine rings is 1. The highest BCUT2D eigenvalue weighted by atomic mass is 16.6. The van der Waals surface area contributed by atoms with Crippen LogP contribution in [0, 0.1) is 11.3 Å². The summed E-state index contributed by atoms with van der Waals surface area (Å²) in [6.07, 6.45) is -0.436. The van der Waals surface area contributed by atoms with E-state index in [1.54, 1.807) is 16.7 Å². The summed E-state index contributed by atoms with van der Waals surface area (Å²) in [5.41, 5.74) is 0. The van der Waals surface area contributed by atoms with Gasteiger partial charge in [-0.1, -0.05) is 0 Å². The average molecular weight is 225 g/mol. The van der Waals surface area contributed by atoms with Gasteiger partial charge in [0.05, 0.1) is 12.7 Å². The highest BCUT2D eigenvalue weighted by Crippen LogP contribution is 2.05. The topological polar surface area (TPSA) is 73.6 Å². The lowest BCUT2D eigenvalue weighted by Gasteiger charge is -2.33. The summed E-state index contributed by atoms with van der Waals surface area (Å²) in [7, 11) is 0. The molecule has 0 saturated carbocycles. The lowest BCUT2D eigenvalue weighted by atomic mass is 10.3. The number of ether oxygens (including phenoxy) is 1. The molecular weight excluding hydrogens is 210 g/mol. The van der Waals surface area contributed by atoms with Gasteiger partial charge in [-0.3, -0.25) is 4.79 Å². The minimum absolute atomic E-state index is 0.0978. The zero-order chi connectivity index (χ0) is 12.0. The van der Waals surface area contributed by atoms with Crippen molar-refractivity contribution in [2.75, 3.05) is 32.8 Å². The van der Waals surface area contributed by atoms with Crippen LogP contribution in [0.2, 0.25) is 0 Å². The standard InChI is InChI=1S/C10H15N3O3/c1-2-16-10(15)13-7-5-12(6-8-13)9(14)3-4-11/h2-3,5-8H2,1H3. The first-order valence-corrected chi connectivity index (χ1v) is 5.25. The molecule has 0 aliphatic carbocycles. The summed E-state index contributed by atoms with van der Waals surface area (Å²) in [4.78, 5) is 25.9. The molecule has 0 aromatic carbocycles. The van der Waals surface area contributed by atoms with Gasteiger partial charge in [-0.15, -0.1) is 0 Å². The molecule has 1 rings (SSSR count). The molecule has 0 aromatic rings. The predicted octanol–water partition coefficient (Wildman–Crippen LogP) is 0.201. The maximum absolute atomic E-state index is 11.4. The molecule has 0 N–H and O–H groups in total. The average Bonchev–Trinajstić information content (AvgIpc) is 2.30. The van der Waals surface area contributed by atoms with Gasteiger partial charge in [0, 0.05) is 26.2 Å². The van der Waals surface area contributed by atoms with Gasteiger partial charge in [0.25, 0.3) is 0 Å². The van der Waals surface area contributed by atoms with Crippen molar-refractivity contribution in [3.63, 3.8) is 0 Å². The number of hydrogen-bond acceptors (Lipinski definition) is 4. The summed E-state index contributed by atoms with van der Waals surface area (Å²) < 4.78 is 4.86. The largest absolute Gasteiger partial charge is 0.450 e. The molecule has 88 valence electrons. The fraction of sp³-hybridized carbons (Fsp3) is 0.700. The van der Waals surface area contributed by atoms with Crippen LogP contribution in [0.5, 0.6) is 0 Å². The van der Waals surface area contributed by atoms with Gasteiger partial charge in [0.2, 0.25) is 5.91 Å². The molecule has 1 fully saturated rings. The number of nitriles is 1. The van der Waals surface area contributed by atoms with Gasteiger partial charge in [-0.2, -0.15) is 5.26 Å². The first-order chi connectivity index (χ1) is 7.69. The van der Waals surface area contributed by atoms with Crippen LogP contribution in [0.4, 0.5) is 4.79 Å². The second-order valence-electron chi connectivity index (χ2n) is 3.40. The lowest BCUT2D eigenvalue weighted by molar-refractivity contribution is -0.131. The molecule has 1 aliphatic heterocycles. The van der Waals surface area contributed by atoms with Crippen molar-refractivity contribution in [2.45, 2.75) is 13.3 Å². The van der Waals surface area contributed by atoms with E-state index in [1.807, 2.05) is 6.07 Å². The number of carbonyl (C=O) groups is 2. The molecule has 1 heterocycles. The molecule has 6 nitrogen and oxygen atoms in total. The van der Waals surface area contributed by atoms with Crippen LogP contribution in [-0.4, -0.2) is 54.6 Å². The first kappa shape index (κ1) is 12.3. The third-order valence-electron chi connectivity index (χ3n) is 2.39.